The van der Waals surface area contributed by atoms with Crippen molar-refractivity contribution in [3.05, 3.63) is 64.2 Å². The summed E-state index contributed by atoms with van der Waals surface area (Å²) in [5, 5.41) is 4.22. The second-order valence-corrected chi connectivity index (χ2v) is 13.2. The minimum atomic E-state index is 0.0948. The zero-order valence-corrected chi connectivity index (χ0v) is 32.2. The van der Waals surface area contributed by atoms with Crippen LogP contribution in [-0.4, -0.2) is 36.7 Å². The van der Waals surface area contributed by atoms with Crippen molar-refractivity contribution in [1.29, 1.82) is 0 Å². The molecule has 0 amide bonds. The van der Waals surface area contributed by atoms with E-state index < -0.39 is 0 Å². The smallest absolute Gasteiger partial charge is 0.172 e. The molecular weight excluding hydrogens is 587 g/mol. The largest absolute Gasteiger partial charge is 0.330 e. The van der Waals surface area contributed by atoms with E-state index >= 15 is 0 Å². The Labute approximate surface area is 287 Å². The Bertz CT molecular complexity index is 1100. The molecule has 1 aromatic carbocycles. The van der Waals surface area contributed by atoms with Crippen LogP contribution in [0.4, 0.5) is 0 Å². The van der Waals surface area contributed by atoms with Crippen LogP contribution in [0.1, 0.15) is 152 Å². The Hall–Kier alpha value is -2.41. The molecule has 2 aromatic heterocycles. The highest BCUT2D eigenvalue weighted by Crippen LogP contribution is 2.30. The standard InChI is InChI=1S/C15H17NOS.C10H12O.C5H13N.C4H11N.C4H10.C2H6/c1-2-5-13(17)14-9-11-8-10-6-3-4-7-12(10)16-15(11)18-14;1-8(2)10(11)9-6-4-3-5-7-9;1-3-4-5-6-2;1-2-3-4-5;1-4(2)3;1-2/h8-9H,2-7H2,1H3;3-8H,1-2H3;6H,3-5H2,1-2H3;2-5H2,1H3;4H,1-3H3;1-2H3. The maximum atomic E-state index is 11.9. The summed E-state index contributed by atoms with van der Waals surface area (Å²) in [5.41, 5.74) is 8.59. The van der Waals surface area contributed by atoms with Crippen molar-refractivity contribution >= 4 is 33.1 Å². The number of thiophene rings is 1. The summed E-state index contributed by atoms with van der Waals surface area (Å²) >= 11 is 1.56. The molecule has 0 saturated heterocycles. The molecule has 0 unspecified atom stereocenters. The zero-order valence-electron chi connectivity index (χ0n) is 31.4. The minimum absolute atomic E-state index is 0.0948. The Kier molecular flexibility index (Phi) is 29.8. The number of aryl methyl sites for hydroxylation is 2. The van der Waals surface area contributed by atoms with E-state index in [1.807, 2.05) is 78.1 Å². The van der Waals surface area contributed by atoms with Gasteiger partial charge in [0.2, 0.25) is 0 Å². The molecule has 0 spiro atoms. The molecule has 4 rings (SSSR count). The molecule has 46 heavy (non-hydrogen) atoms. The van der Waals surface area contributed by atoms with Crippen molar-refractivity contribution in [3.8, 4) is 0 Å². The van der Waals surface area contributed by atoms with Crippen molar-refractivity contribution in [2.24, 2.45) is 17.6 Å². The molecule has 6 heteroatoms. The SMILES string of the molecule is CC.CC(C)C.CC(C)C(=O)c1ccccc1.CCCC(=O)c1cc2cc3c(nc2s1)CCCC3.CCCCN.CCCCNC. The van der Waals surface area contributed by atoms with E-state index in [0.717, 1.165) is 58.9 Å². The molecule has 0 atom stereocenters. The molecule has 0 bridgehead atoms. The van der Waals surface area contributed by atoms with Gasteiger partial charge in [0, 0.05) is 29.0 Å². The van der Waals surface area contributed by atoms with Gasteiger partial charge in [-0.2, -0.15) is 0 Å². The van der Waals surface area contributed by atoms with Crippen molar-refractivity contribution in [3.63, 3.8) is 0 Å². The van der Waals surface area contributed by atoms with Gasteiger partial charge >= 0.3 is 0 Å². The first kappa shape index (κ1) is 45.7. The lowest BCUT2D eigenvalue weighted by atomic mass is 9.95. The van der Waals surface area contributed by atoms with E-state index in [9.17, 15) is 9.59 Å². The number of nitrogens with two attached hydrogens (primary N) is 1. The Morgan fingerprint density at radius 1 is 0.891 bits per heavy atom. The van der Waals surface area contributed by atoms with E-state index in [1.165, 1.54) is 49.8 Å². The molecule has 2 heterocycles. The van der Waals surface area contributed by atoms with Crippen molar-refractivity contribution in [1.82, 2.24) is 10.3 Å². The molecule has 1 aliphatic rings. The van der Waals surface area contributed by atoms with Gasteiger partial charge < -0.3 is 11.1 Å². The summed E-state index contributed by atoms with van der Waals surface area (Å²) in [6.07, 6.45) is 11.3. The Morgan fingerprint density at radius 2 is 1.48 bits per heavy atom. The normalized spacial score (nSPS) is 11.2. The summed E-state index contributed by atoms with van der Waals surface area (Å²) in [6, 6.07) is 13.7. The van der Waals surface area contributed by atoms with E-state index in [0.29, 0.717) is 6.42 Å². The molecule has 5 nitrogen and oxygen atoms in total. The number of unbranched alkanes of at least 4 members (excludes halogenated alkanes) is 2. The summed E-state index contributed by atoms with van der Waals surface area (Å²) in [6.45, 7) is 22.7. The molecule has 0 radical (unpaired) electrons. The molecule has 0 saturated carbocycles. The number of ketones is 2. The van der Waals surface area contributed by atoms with Crippen LogP contribution in [0.3, 0.4) is 0 Å². The molecule has 262 valence electrons. The van der Waals surface area contributed by atoms with Gasteiger partial charge in [-0.05, 0) is 88.7 Å². The summed E-state index contributed by atoms with van der Waals surface area (Å²) in [4.78, 5) is 29.9. The topological polar surface area (TPSA) is 85.1 Å². The molecule has 1 aliphatic carbocycles. The molecule has 0 aliphatic heterocycles. The third-order valence-corrected chi connectivity index (χ3v) is 7.55. The lowest BCUT2D eigenvalue weighted by molar-refractivity contribution is 0.0938. The van der Waals surface area contributed by atoms with Crippen LogP contribution in [0.2, 0.25) is 0 Å². The number of aromatic nitrogens is 1. The van der Waals surface area contributed by atoms with Crippen LogP contribution in [-0.2, 0) is 12.8 Å². The first-order chi connectivity index (χ1) is 22.1. The van der Waals surface area contributed by atoms with Crippen molar-refractivity contribution in [2.45, 2.75) is 133 Å². The lowest BCUT2D eigenvalue weighted by Crippen LogP contribution is -2.06. The average Bonchev–Trinajstić information content (AvgIpc) is 3.48. The van der Waals surface area contributed by atoms with Gasteiger partial charge in [0.15, 0.2) is 11.6 Å². The number of rotatable bonds is 10. The van der Waals surface area contributed by atoms with Gasteiger partial charge in [0.25, 0.3) is 0 Å². The number of pyridine rings is 1. The van der Waals surface area contributed by atoms with Crippen LogP contribution in [0.5, 0.6) is 0 Å². The maximum Gasteiger partial charge on any atom is 0.172 e. The quantitative estimate of drug-likeness (QED) is 0.168. The molecule has 3 N–H and O–H groups in total. The van der Waals surface area contributed by atoms with Crippen LogP contribution < -0.4 is 11.1 Å². The molecule has 3 aromatic rings. The third-order valence-electron chi connectivity index (χ3n) is 6.46. The van der Waals surface area contributed by atoms with E-state index in [2.05, 4.69) is 46.0 Å². The predicted molar refractivity (Wildman–Crippen MR) is 206 cm³/mol. The second-order valence-electron chi connectivity index (χ2n) is 12.2. The van der Waals surface area contributed by atoms with Gasteiger partial charge in [-0.1, -0.05) is 112 Å². The first-order valence-electron chi connectivity index (χ1n) is 17.9. The highest BCUT2D eigenvalue weighted by Gasteiger charge is 2.15. The number of benzene rings is 1. The predicted octanol–water partition coefficient (Wildman–Crippen LogP) is 11.1. The minimum Gasteiger partial charge on any atom is -0.330 e. The number of Topliss-reactive ketones (excluding diaryl/α,β-unsaturated/α-hetero) is 2. The average molecular weight is 656 g/mol. The van der Waals surface area contributed by atoms with Gasteiger partial charge in [-0.15, -0.1) is 11.3 Å². The van der Waals surface area contributed by atoms with Crippen LogP contribution >= 0.6 is 11.3 Å². The van der Waals surface area contributed by atoms with Gasteiger partial charge in [-0.3, -0.25) is 9.59 Å². The fraction of sp³-hybridized carbons (Fsp3) is 0.625. The Balaban J connectivity index is 0. The number of hydrogen-bond acceptors (Lipinski definition) is 6. The number of fused-ring (bicyclic) bond motifs is 2. The zero-order chi connectivity index (χ0) is 35.3. The molecule has 0 fully saturated rings. The van der Waals surface area contributed by atoms with Gasteiger partial charge in [0.05, 0.1) is 4.88 Å². The summed E-state index contributed by atoms with van der Waals surface area (Å²) in [7, 11) is 1.98. The first-order valence-corrected chi connectivity index (χ1v) is 18.8. The molecular formula is C40H69N3O2S. The van der Waals surface area contributed by atoms with E-state index in [4.69, 9.17) is 10.7 Å². The van der Waals surface area contributed by atoms with Crippen LogP contribution in [0, 0.1) is 11.8 Å². The van der Waals surface area contributed by atoms with Crippen LogP contribution in [0.15, 0.2) is 42.5 Å². The summed E-state index contributed by atoms with van der Waals surface area (Å²) < 4.78 is 0. The fourth-order valence-electron chi connectivity index (χ4n) is 4.07. The fourth-order valence-corrected chi connectivity index (χ4v) is 5.08. The van der Waals surface area contributed by atoms with E-state index in [1.54, 1.807) is 11.3 Å². The monoisotopic (exact) mass is 656 g/mol. The number of nitrogens with zero attached hydrogens (tertiary/aromatic N) is 1. The van der Waals surface area contributed by atoms with Crippen molar-refractivity contribution < 1.29 is 9.59 Å². The number of carbonyl (C=O) groups is 2. The van der Waals surface area contributed by atoms with Crippen LogP contribution in [0.25, 0.3) is 10.2 Å². The van der Waals surface area contributed by atoms with Gasteiger partial charge in [-0.25, -0.2) is 4.98 Å². The Morgan fingerprint density at radius 3 is 1.93 bits per heavy atom. The maximum absolute atomic E-state index is 11.9. The number of carbonyl (C=O) groups excluding carboxylic acids is 2. The highest BCUT2D eigenvalue weighted by molar-refractivity contribution is 7.20. The van der Waals surface area contributed by atoms with Crippen molar-refractivity contribution in [2.75, 3.05) is 20.1 Å². The lowest BCUT2D eigenvalue weighted by Gasteiger charge is -2.13. The van der Waals surface area contributed by atoms with Gasteiger partial charge in [0.1, 0.15) is 4.83 Å². The second kappa shape index (κ2) is 30.0. The summed E-state index contributed by atoms with van der Waals surface area (Å²) in [5.74, 6) is 1.40. The highest BCUT2D eigenvalue weighted by atomic mass is 32.1. The number of nitrogens with one attached hydrogen (secondary N) is 1. The number of hydrogen-bond donors (Lipinski definition) is 2. The third kappa shape index (κ3) is 21.4. The van der Waals surface area contributed by atoms with E-state index in [-0.39, 0.29) is 17.5 Å².